The van der Waals surface area contributed by atoms with E-state index in [0.717, 1.165) is 75.7 Å². The molecule has 3 aromatic rings. The van der Waals surface area contributed by atoms with E-state index in [1.54, 1.807) is 12.4 Å². The zero-order chi connectivity index (χ0) is 22.5. The third-order valence-corrected chi connectivity index (χ3v) is 6.71. The number of amides is 1. The molecule has 1 aromatic carbocycles. The smallest absolute Gasteiger partial charge is 0.225 e. The molecule has 1 amide bonds. The van der Waals surface area contributed by atoms with Crippen molar-refractivity contribution in [2.75, 3.05) is 44.2 Å². The summed E-state index contributed by atoms with van der Waals surface area (Å²) >= 11 is 0. The number of carbonyl (C=O) groups is 1. The molecule has 0 N–H and O–H groups in total. The van der Waals surface area contributed by atoms with Crippen molar-refractivity contribution in [1.29, 1.82) is 0 Å². The minimum absolute atomic E-state index is 0.115. The van der Waals surface area contributed by atoms with E-state index in [4.69, 9.17) is 0 Å². The first-order chi connectivity index (χ1) is 16.3. The van der Waals surface area contributed by atoms with Crippen LogP contribution in [0.25, 0.3) is 11.3 Å². The van der Waals surface area contributed by atoms with Crippen molar-refractivity contribution in [3.05, 3.63) is 72.6 Å². The SMILES string of the molecule is O=C(C1CCN(c2ccc(-c3cccnc3)nn2)CC1)N1CCN(Cc2ccccc2)CC1. The Kier molecular flexibility index (Phi) is 6.58. The summed E-state index contributed by atoms with van der Waals surface area (Å²) in [6.45, 7) is 6.18. The van der Waals surface area contributed by atoms with Crippen molar-refractivity contribution in [3.63, 3.8) is 0 Å². The lowest BCUT2D eigenvalue weighted by Crippen LogP contribution is -2.51. The summed E-state index contributed by atoms with van der Waals surface area (Å²) in [5, 5.41) is 8.81. The Morgan fingerprint density at radius 3 is 2.30 bits per heavy atom. The fraction of sp³-hybridized carbons (Fsp3) is 0.385. The molecule has 0 bridgehead atoms. The van der Waals surface area contributed by atoms with Crippen LogP contribution in [-0.2, 0) is 11.3 Å². The van der Waals surface area contributed by atoms with Crippen LogP contribution in [0.3, 0.4) is 0 Å². The Balaban J connectivity index is 1.10. The Labute approximate surface area is 195 Å². The van der Waals surface area contributed by atoms with E-state index in [-0.39, 0.29) is 5.92 Å². The number of rotatable bonds is 5. The Hall–Kier alpha value is -3.32. The molecule has 0 radical (unpaired) electrons. The molecular weight excluding hydrogens is 412 g/mol. The van der Waals surface area contributed by atoms with Gasteiger partial charge in [-0.3, -0.25) is 14.7 Å². The highest BCUT2D eigenvalue weighted by Crippen LogP contribution is 2.25. The molecule has 2 aliphatic rings. The monoisotopic (exact) mass is 442 g/mol. The number of hydrogen-bond acceptors (Lipinski definition) is 6. The molecule has 2 saturated heterocycles. The number of aromatic nitrogens is 3. The van der Waals surface area contributed by atoms with Gasteiger partial charge in [-0.05, 0) is 42.7 Å². The lowest BCUT2D eigenvalue weighted by molar-refractivity contribution is -0.138. The van der Waals surface area contributed by atoms with Crippen LogP contribution in [0, 0.1) is 5.92 Å². The van der Waals surface area contributed by atoms with Crippen molar-refractivity contribution < 1.29 is 4.79 Å². The van der Waals surface area contributed by atoms with Gasteiger partial charge in [0.1, 0.15) is 0 Å². The van der Waals surface area contributed by atoms with Gasteiger partial charge >= 0.3 is 0 Å². The van der Waals surface area contributed by atoms with E-state index in [2.05, 4.69) is 60.2 Å². The Morgan fingerprint density at radius 2 is 1.64 bits per heavy atom. The zero-order valence-electron chi connectivity index (χ0n) is 18.9. The third-order valence-electron chi connectivity index (χ3n) is 6.71. The lowest BCUT2D eigenvalue weighted by Gasteiger charge is -2.38. The molecule has 170 valence electrons. The average Bonchev–Trinajstić information content (AvgIpc) is 2.90. The van der Waals surface area contributed by atoms with Crippen LogP contribution >= 0.6 is 0 Å². The van der Waals surface area contributed by atoms with E-state index in [9.17, 15) is 4.79 Å². The summed E-state index contributed by atoms with van der Waals surface area (Å²) in [5.41, 5.74) is 3.12. The maximum Gasteiger partial charge on any atom is 0.225 e. The summed E-state index contributed by atoms with van der Waals surface area (Å²) < 4.78 is 0. The predicted molar refractivity (Wildman–Crippen MR) is 128 cm³/mol. The highest BCUT2D eigenvalue weighted by molar-refractivity contribution is 5.79. The van der Waals surface area contributed by atoms with Crippen molar-refractivity contribution in [1.82, 2.24) is 25.0 Å². The van der Waals surface area contributed by atoms with E-state index in [1.165, 1.54) is 5.56 Å². The minimum atomic E-state index is 0.115. The fourth-order valence-electron chi connectivity index (χ4n) is 4.74. The third kappa shape index (κ3) is 5.20. The molecular formula is C26H30N6O. The van der Waals surface area contributed by atoms with Crippen LogP contribution in [0.1, 0.15) is 18.4 Å². The van der Waals surface area contributed by atoms with E-state index in [1.807, 2.05) is 24.3 Å². The first-order valence-corrected chi connectivity index (χ1v) is 11.8. The summed E-state index contributed by atoms with van der Waals surface area (Å²) in [6.07, 6.45) is 5.29. The van der Waals surface area contributed by atoms with Crippen LogP contribution < -0.4 is 4.90 Å². The molecule has 0 spiro atoms. The maximum atomic E-state index is 13.1. The molecule has 0 aliphatic carbocycles. The first kappa shape index (κ1) is 21.5. The molecule has 33 heavy (non-hydrogen) atoms. The maximum absolute atomic E-state index is 13.1. The Bertz CT molecular complexity index is 1030. The van der Waals surface area contributed by atoms with Gasteiger partial charge in [-0.2, -0.15) is 0 Å². The second kappa shape index (κ2) is 10.1. The minimum Gasteiger partial charge on any atom is -0.355 e. The van der Waals surface area contributed by atoms with Gasteiger partial charge in [0.2, 0.25) is 5.91 Å². The van der Waals surface area contributed by atoms with E-state index < -0.39 is 0 Å². The molecule has 0 unspecified atom stereocenters. The molecule has 5 rings (SSSR count). The summed E-state index contributed by atoms with van der Waals surface area (Å²) in [6, 6.07) is 18.4. The number of nitrogens with zero attached hydrogens (tertiary/aromatic N) is 6. The van der Waals surface area contributed by atoms with Gasteiger partial charge in [0, 0.05) is 69.7 Å². The molecule has 2 aromatic heterocycles. The molecule has 0 atom stereocenters. The zero-order valence-corrected chi connectivity index (χ0v) is 18.9. The summed E-state index contributed by atoms with van der Waals surface area (Å²) in [4.78, 5) is 24.0. The molecule has 2 aliphatic heterocycles. The standard InChI is InChI=1S/C26H30N6O/c33-26(32-17-15-30(16-18-32)20-21-5-2-1-3-6-21)22-10-13-31(14-11-22)25-9-8-24(28-29-25)23-7-4-12-27-19-23/h1-9,12,19,22H,10-11,13-18,20H2. The number of hydrogen-bond donors (Lipinski definition) is 0. The number of anilines is 1. The summed E-state index contributed by atoms with van der Waals surface area (Å²) in [7, 11) is 0. The number of piperazine rings is 1. The fourth-order valence-corrected chi connectivity index (χ4v) is 4.74. The first-order valence-electron chi connectivity index (χ1n) is 11.8. The van der Waals surface area contributed by atoms with Crippen LogP contribution in [0.4, 0.5) is 5.82 Å². The van der Waals surface area contributed by atoms with Crippen LogP contribution in [0.5, 0.6) is 0 Å². The topological polar surface area (TPSA) is 65.5 Å². The van der Waals surface area contributed by atoms with Crippen molar-refractivity contribution in [2.45, 2.75) is 19.4 Å². The van der Waals surface area contributed by atoms with Crippen LogP contribution in [-0.4, -0.2) is 70.2 Å². The normalized spacial score (nSPS) is 17.8. The average molecular weight is 443 g/mol. The van der Waals surface area contributed by atoms with Gasteiger partial charge in [0.15, 0.2) is 5.82 Å². The van der Waals surface area contributed by atoms with Gasteiger partial charge in [0.05, 0.1) is 5.69 Å². The highest BCUT2D eigenvalue weighted by Gasteiger charge is 2.30. The van der Waals surface area contributed by atoms with E-state index >= 15 is 0 Å². The number of benzene rings is 1. The summed E-state index contributed by atoms with van der Waals surface area (Å²) in [5.74, 6) is 1.32. The molecule has 7 heteroatoms. The largest absolute Gasteiger partial charge is 0.355 e. The van der Waals surface area contributed by atoms with Crippen LogP contribution in [0.2, 0.25) is 0 Å². The second-order valence-electron chi connectivity index (χ2n) is 8.87. The highest BCUT2D eigenvalue weighted by atomic mass is 16.2. The van der Waals surface area contributed by atoms with Gasteiger partial charge in [-0.1, -0.05) is 30.3 Å². The molecule has 4 heterocycles. The van der Waals surface area contributed by atoms with Gasteiger partial charge < -0.3 is 9.80 Å². The quantitative estimate of drug-likeness (QED) is 0.605. The molecule has 0 saturated carbocycles. The molecule has 2 fully saturated rings. The van der Waals surface area contributed by atoms with Crippen molar-refractivity contribution in [3.8, 4) is 11.3 Å². The van der Waals surface area contributed by atoms with Gasteiger partial charge in [-0.15, -0.1) is 10.2 Å². The predicted octanol–water partition coefficient (Wildman–Crippen LogP) is 3.10. The van der Waals surface area contributed by atoms with Gasteiger partial charge in [0.25, 0.3) is 0 Å². The van der Waals surface area contributed by atoms with Crippen molar-refractivity contribution in [2.24, 2.45) is 5.92 Å². The number of piperidine rings is 1. The molecule has 7 nitrogen and oxygen atoms in total. The Morgan fingerprint density at radius 1 is 0.848 bits per heavy atom. The number of carbonyl (C=O) groups excluding carboxylic acids is 1. The number of pyridine rings is 1. The van der Waals surface area contributed by atoms with Gasteiger partial charge in [-0.25, -0.2) is 0 Å². The van der Waals surface area contributed by atoms with Crippen molar-refractivity contribution >= 4 is 11.7 Å². The van der Waals surface area contributed by atoms with Crippen LogP contribution in [0.15, 0.2) is 67.0 Å². The second-order valence-corrected chi connectivity index (χ2v) is 8.87. The van der Waals surface area contributed by atoms with E-state index in [0.29, 0.717) is 5.91 Å². The lowest BCUT2D eigenvalue weighted by atomic mass is 9.95.